The molecule has 134 valence electrons. The maximum absolute atomic E-state index is 12.9. The van der Waals surface area contributed by atoms with E-state index in [9.17, 15) is 4.79 Å². The molecule has 0 aliphatic carbocycles. The second kappa shape index (κ2) is 7.78. The monoisotopic (exact) mass is 342 g/mol. The summed E-state index contributed by atoms with van der Waals surface area (Å²) in [6, 6.07) is 9.40. The Morgan fingerprint density at radius 1 is 1.28 bits per heavy atom. The molecule has 1 aromatic heterocycles. The highest BCUT2D eigenvalue weighted by Gasteiger charge is 2.32. The molecule has 1 aliphatic heterocycles. The third-order valence-corrected chi connectivity index (χ3v) is 4.44. The standard InChI is InChI=1S/C19H26N4O2/c1-14(2)12-22-10-7-11-23(19(24)16-8-5-4-6-9-16)13-17(22)18-20-15(3)21-25-18/h4-6,8-9,14,17H,7,10-13H2,1-3H3. The van der Waals surface area contributed by atoms with Crippen LogP contribution in [0.4, 0.5) is 0 Å². The molecule has 1 aromatic carbocycles. The van der Waals surface area contributed by atoms with Crippen molar-refractivity contribution in [3.8, 4) is 0 Å². The highest BCUT2D eigenvalue weighted by molar-refractivity contribution is 5.94. The highest BCUT2D eigenvalue weighted by atomic mass is 16.5. The van der Waals surface area contributed by atoms with Crippen molar-refractivity contribution in [1.29, 1.82) is 0 Å². The summed E-state index contributed by atoms with van der Waals surface area (Å²) in [7, 11) is 0. The third-order valence-electron chi connectivity index (χ3n) is 4.44. The lowest BCUT2D eigenvalue weighted by atomic mass is 10.1. The Hall–Kier alpha value is -2.21. The average Bonchev–Trinajstić information content (AvgIpc) is 2.92. The molecule has 0 spiro atoms. The molecule has 1 aliphatic rings. The predicted molar refractivity (Wildman–Crippen MR) is 95.1 cm³/mol. The lowest BCUT2D eigenvalue weighted by molar-refractivity contribution is 0.0708. The Kier molecular flexibility index (Phi) is 5.48. The van der Waals surface area contributed by atoms with E-state index < -0.39 is 0 Å². The average molecular weight is 342 g/mol. The zero-order chi connectivity index (χ0) is 17.8. The Morgan fingerprint density at radius 3 is 2.68 bits per heavy atom. The summed E-state index contributed by atoms with van der Waals surface area (Å²) in [6.07, 6.45) is 0.939. The summed E-state index contributed by atoms with van der Waals surface area (Å²) in [5, 5.41) is 3.95. The van der Waals surface area contributed by atoms with E-state index in [2.05, 4.69) is 28.9 Å². The molecule has 0 N–H and O–H groups in total. The quantitative estimate of drug-likeness (QED) is 0.855. The summed E-state index contributed by atoms with van der Waals surface area (Å²) in [5.74, 6) is 1.83. The van der Waals surface area contributed by atoms with Gasteiger partial charge in [-0.25, -0.2) is 0 Å². The first-order valence-corrected chi connectivity index (χ1v) is 8.93. The van der Waals surface area contributed by atoms with E-state index in [0.717, 1.165) is 31.6 Å². The van der Waals surface area contributed by atoms with Crippen LogP contribution in [0.25, 0.3) is 0 Å². The van der Waals surface area contributed by atoms with Crippen LogP contribution >= 0.6 is 0 Å². The van der Waals surface area contributed by atoms with Gasteiger partial charge in [-0.15, -0.1) is 0 Å². The molecule has 1 fully saturated rings. The fraction of sp³-hybridized carbons (Fsp3) is 0.526. The lowest BCUT2D eigenvalue weighted by Gasteiger charge is -2.30. The van der Waals surface area contributed by atoms with Crippen molar-refractivity contribution in [1.82, 2.24) is 19.9 Å². The van der Waals surface area contributed by atoms with Crippen molar-refractivity contribution < 1.29 is 9.32 Å². The molecule has 0 radical (unpaired) electrons. The van der Waals surface area contributed by atoms with Crippen LogP contribution in [0, 0.1) is 12.8 Å². The summed E-state index contributed by atoms with van der Waals surface area (Å²) < 4.78 is 5.46. The first kappa shape index (κ1) is 17.6. The Bertz CT molecular complexity index is 698. The van der Waals surface area contributed by atoms with Gasteiger partial charge in [-0.3, -0.25) is 9.69 Å². The van der Waals surface area contributed by atoms with Gasteiger partial charge >= 0.3 is 0 Å². The molecule has 0 bridgehead atoms. The van der Waals surface area contributed by atoms with Crippen molar-refractivity contribution in [2.24, 2.45) is 5.92 Å². The minimum absolute atomic E-state index is 0.0567. The summed E-state index contributed by atoms with van der Waals surface area (Å²) in [4.78, 5) is 21.6. The van der Waals surface area contributed by atoms with Crippen LogP contribution in [0.3, 0.4) is 0 Å². The first-order valence-electron chi connectivity index (χ1n) is 8.93. The van der Waals surface area contributed by atoms with Crippen molar-refractivity contribution in [3.63, 3.8) is 0 Å². The van der Waals surface area contributed by atoms with Crippen LogP contribution in [-0.4, -0.2) is 52.0 Å². The molecule has 1 saturated heterocycles. The second-order valence-corrected chi connectivity index (χ2v) is 7.06. The van der Waals surface area contributed by atoms with Crippen LogP contribution < -0.4 is 0 Å². The van der Waals surface area contributed by atoms with E-state index in [1.165, 1.54) is 0 Å². The fourth-order valence-electron chi connectivity index (χ4n) is 3.35. The molecular weight excluding hydrogens is 316 g/mol. The van der Waals surface area contributed by atoms with Gasteiger partial charge < -0.3 is 9.42 Å². The van der Waals surface area contributed by atoms with Crippen molar-refractivity contribution >= 4 is 5.91 Å². The molecule has 0 saturated carbocycles. The normalized spacial score (nSPS) is 19.2. The van der Waals surface area contributed by atoms with E-state index >= 15 is 0 Å². The number of aryl methyl sites for hydroxylation is 1. The minimum Gasteiger partial charge on any atom is -0.338 e. The number of carbonyl (C=O) groups is 1. The number of benzene rings is 1. The molecule has 2 heterocycles. The smallest absolute Gasteiger partial charge is 0.253 e. The Balaban J connectivity index is 1.85. The van der Waals surface area contributed by atoms with Gasteiger partial charge in [0.15, 0.2) is 5.82 Å². The third kappa shape index (κ3) is 4.25. The topological polar surface area (TPSA) is 62.5 Å². The number of hydrogen-bond acceptors (Lipinski definition) is 5. The van der Waals surface area contributed by atoms with Crippen molar-refractivity contribution in [2.75, 3.05) is 26.2 Å². The SMILES string of the molecule is Cc1noc(C2CN(C(=O)c3ccccc3)CCCN2CC(C)C)n1. The van der Waals surface area contributed by atoms with Crippen LogP contribution in [-0.2, 0) is 0 Å². The summed E-state index contributed by atoms with van der Waals surface area (Å²) in [5.41, 5.74) is 0.722. The van der Waals surface area contributed by atoms with Crippen molar-refractivity contribution in [2.45, 2.75) is 33.2 Å². The molecule has 6 heteroatoms. The first-order chi connectivity index (χ1) is 12.0. The van der Waals surface area contributed by atoms with E-state index in [4.69, 9.17) is 4.52 Å². The van der Waals surface area contributed by atoms with Crippen LogP contribution in [0.5, 0.6) is 0 Å². The predicted octanol–water partition coefficient (Wildman–Crippen LogP) is 2.92. The summed E-state index contributed by atoms with van der Waals surface area (Å²) >= 11 is 0. The number of rotatable bonds is 4. The summed E-state index contributed by atoms with van der Waals surface area (Å²) in [6.45, 7) is 9.40. The van der Waals surface area contributed by atoms with Gasteiger partial charge in [0.25, 0.3) is 5.91 Å². The van der Waals surface area contributed by atoms with E-state index in [-0.39, 0.29) is 11.9 Å². The molecule has 1 atom stereocenters. The van der Waals surface area contributed by atoms with Gasteiger partial charge in [0.1, 0.15) is 6.04 Å². The second-order valence-electron chi connectivity index (χ2n) is 7.06. The van der Waals surface area contributed by atoms with Crippen LogP contribution in [0.1, 0.15) is 48.4 Å². The zero-order valence-electron chi connectivity index (χ0n) is 15.2. The molecule has 1 unspecified atom stereocenters. The molecular formula is C19H26N4O2. The lowest BCUT2D eigenvalue weighted by Crippen LogP contribution is -2.39. The number of amides is 1. The van der Waals surface area contributed by atoms with Gasteiger partial charge in [-0.1, -0.05) is 37.2 Å². The minimum atomic E-state index is -0.0567. The molecule has 6 nitrogen and oxygen atoms in total. The van der Waals surface area contributed by atoms with Crippen molar-refractivity contribution in [3.05, 3.63) is 47.6 Å². The molecule has 3 rings (SSSR count). The number of nitrogens with zero attached hydrogens (tertiary/aromatic N) is 4. The van der Waals surface area contributed by atoms with Crippen LogP contribution in [0.2, 0.25) is 0 Å². The van der Waals surface area contributed by atoms with E-state index in [0.29, 0.717) is 24.2 Å². The largest absolute Gasteiger partial charge is 0.338 e. The van der Waals surface area contributed by atoms with Gasteiger partial charge in [0.2, 0.25) is 5.89 Å². The molecule has 25 heavy (non-hydrogen) atoms. The molecule has 2 aromatic rings. The van der Waals surface area contributed by atoms with Gasteiger partial charge in [-0.2, -0.15) is 4.98 Å². The fourth-order valence-corrected chi connectivity index (χ4v) is 3.35. The Labute approximate surface area is 148 Å². The number of carbonyl (C=O) groups excluding carboxylic acids is 1. The molecule has 1 amide bonds. The van der Waals surface area contributed by atoms with Gasteiger partial charge in [-0.05, 0) is 31.4 Å². The zero-order valence-corrected chi connectivity index (χ0v) is 15.2. The maximum Gasteiger partial charge on any atom is 0.253 e. The van der Waals surface area contributed by atoms with E-state index in [1.54, 1.807) is 0 Å². The van der Waals surface area contributed by atoms with Gasteiger partial charge in [0.05, 0.1) is 0 Å². The van der Waals surface area contributed by atoms with E-state index in [1.807, 2.05) is 42.2 Å². The van der Waals surface area contributed by atoms with Crippen LogP contribution in [0.15, 0.2) is 34.9 Å². The number of aromatic nitrogens is 2. The highest BCUT2D eigenvalue weighted by Crippen LogP contribution is 2.26. The Morgan fingerprint density at radius 2 is 2.04 bits per heavy atom. The number of hydrogen-bond donors (Lipinski definition) is 0. The maximum atomic E-state index is 12.9. The van der Waals surface area contributed by atoms with Gasteiger partial charge in [0, 0.05) is 31.7 Å².